The van der Waals surface area contributed by atoms with Gasteiger partial charge in [0.15, 0.2) is 0 Å². The monoisotopic (exact) mass is 297 g/mol. The van der Waals surface area contributed by atoms with Crippen LogP contribution in [0.2, 0.25) is 0 Å². The molecule has 0 atom stereocenters. The molecule has 0 saturated carbocycles. The molecule has 0 aliphatic heterocycles. The molecule has 1 heterocycles. The van der Waals surface area contributed by atoms with Crippen LogP contribution < -0.4 is 0 Å². The van der Waals surface area contributed by atoms with E-state index >= 15 is 0 Å². The Balaban J connectivity index is 2.57. The molecule has 0 spiro atoms. The zero-order valence-corrected chi connectivity index (χ0v) is 15.8. The van der Waals surface area contributed by atoms with Crippen LogP contribution in [0.1, 0.15) is 66.6 Å². The van der Waals surface area contributed by atoms with E-state index in [1.54, 1.807) is 5.56 Å². The summed E-state index contributed by atoms with van der Waals surface area (Å²) in [6.45, 7) is 19.6. The van der Waals surface area contributed by atoms with Gasteiger partial charge in [-0.05, 0) is 27.9 Å². The number of hydrogen-bond donors (Lipinski definition) is 0. The third-order valence-electron chi connectivity index (χ3n) is 8.01. The van der Waals surface area contributed by atoms with Crippen molar-refractivity contribution in [1.29, 1.82) is 0 Å². The van der Waals surface area contributed by atoms with Gasteiger partial charge in [-0.25, -0.2) is 0 Å². The maximum Gasteiger partial charge on any atom is 0.0483 e. The van der Waals surface area contributed by atoms with Crippen molar-refractivity contribution in [2.45, 2.75) is 66.2 Å². The normalized spacial score (nSPS) is 24.2. The minimum Gasteiger partial charge on any atom is -0.347 e. The van der Waals surface area contributed by atoms with Crippen molar-refractivity contribution in [2.24, 2.45) is 17.9 Å². The number of para-hydroxylation sites is 1. The first-order chi connectivity index (χ1) is 9.89. The highest BCUT2D eigenvalue weighted by Crippen LogP contribution is 2.66. The van der Waals surface area contributed by atoms with Crippen molar-refractivity contribution in [3.63, 3.8) is 0 Å². The second kappa shape index (κ2) is 3.99. The molecule has 2 aromatic rings. The summed E-state index contributed by atoms with van der Waals surface area (Å²) in [5, 5.41) is 1.43. The van der Waals surface area contributed by atoms with E-state index in [1.807, 2.05) is 0 Å². The summed E-state index contributed by atoms with van der Waals surface area (Å²) in [5.41, 5.74) is 5.07. The first-order valence-corrected chi connectivity index (χ1v) is 8.47. The highest BCUT2D eigenvalue weighted by molar-refractivity contribution is 5.88. The Morgan fingerprint density at radius 3 is 1.82 bits per heavy atom. The summed E-state index contributed by atoms with van der Waals surface area (Å²) in [4.78, 5) is 0. The second-order valence-corrected chi connectivity index (χ2v) is 9.30. The Morgan fingerprint density at radius 1 is 0.727 bits per heavy atom. The van der Waals surface area contributed by atoms with Crippen LogP contribution in [-0.4, -0.2) is 4.57 Å². The number of fused-ring (bicyclic) bond motifs is 3. The molecular weight excluding hydrogens is 266 g/mol. The van der Waals surface area contributed by atoms with Crippen LogP contribution in [0.25, 0.3) is 10.9 Å². The molecule has 0 saturated heterocycles. The van der Waals surface area contributed by atoms with Crippen LogP contribution in [0.3, 0.4) is 0 Å². The van der Waals surface area contributed by atoms with Gasteiger partial charge >= 0.3 is 0 Å². The predicted molar refractivity (Wildman–Crippen MR) is 96.5 cm³/mol. The number of benzene rings is 1. The topological polar surface area (TPSA) is 4.93 Å². The molecule has 0 fully saturated rings. The van der Waals surface area contributed by atoms with Crippen molar-refractivity contribution < 1.29 is 0 Å². The lowest BCUT2D eigenvalue weighted by Gasteiger charge is -2.63. The number of aromatic nitrogens is 1. The summed E-state index contributed by atoms with van der Waals surface area (Å²) >= 11 is 0. The van der Waals surface area contributed by atoms with Crippen LogP contribution >= 0.6 is 0 Å². The molecule has 1 aromatic heterocycles. The molecule has 1 aliphatic rings. The van der Waals surface area contributed by atoms with Gasteiger partial charge in [-0.2, -0.15) is 0 Å². The van der Waals surface area contributed by atoms with Gasteiger partial charge in [-0.3, -0.25) is 0 Å². The van der Waals surface area contributed by atoms with Crippen molar-refractivity contribution in [3.05, 3.63) is 35.5 Å². The lowest BCUT2D eigenvalue weighted by atomic mass is 9.41. The van der Waals surface area contributed by atoms with Crippen LogP contribution in [0, 0.1) is 10.8 Å². The minimum absolute atomic E-state index is 0.120. The minimum atomic E-state index is 0.120. The average molecular weight is 297 g/mol. The van der Waals surface area contributed by atoms with E-state index in [-0.39, 0.29) is 21.7 Å². The number of nitrogens with zero attached hydrogens (tertiary/aromatic N) is 1. The molecule has 0 amide bonds. The average Bonchev–Trinajstić information content (AvgIpc) is 2.72. The zero-order chi connectivity index (χ0) is 16.7. The van der Waals surface area contributed by atoms with Crippen molar-refractivity contribution in [3.8, 4) is 0 Å². The highest BCUT2D eigenvalue weighted by atomic mass is 15.0. The van der Waals surface area contributed by atoms with E-state index in [0.717, 1.165) is 0 Å². The number of rotatable bonds is 0. The largest absolute Gasteiger partial charge is 0.347 e. The third kappa shape index (κ3) is 1.41. The maximum absolute atomic E-state index is 2.46. The molecule has 0 radical (unpaired) electrons. The maximum atomic E-state index is 2.46. The van der Waals surface area contributed by atoms with Crippen molar-refractivity contribution >= 4 is 10.9 Å². The second-order valence-electron chi connectivity index (χ2n) is 9.30. The molecule has 1 aliphatic carbocycles. The van der Waals surface area contributed by atoms with Crippen LogP contribution in [0.4, 0.5) is 0 Å². The van der Waals surface area contributed by atoms with Gasteiger partial charge in [0.2, 0.25) is 0 Å². The highest BCUT2D eigenvalue weighted by Gasteiger charge is 2.62. The van der Waals surface area contributed by atoms with Gasteiger partial charge in [0.1, 0.15) is 0 Å². The van der Waals surface area contributed by atoms with E-state index in [9.17, 15) is 0 Å². The van der Waals surface area contributed by atoms with Crippen LogP contribution in [-0.2, 0) is 17.9 Å². The zero-order valence-electron chi connectivity index (χ0n) is 15.8. The molecule has 0 N–H and O–H groups in total. The lowest BCUT2D eigenvalue weighted by molar-refractivity contribution is -0.0463. The van der Waals surface area contributed by atoms with Gasteiger partial charge in [0, 0.05) is 29.1 Å². The van der Waals surface area contributed by atoms with E-state index in [2.05, 4.69) is 91.3 Å². The van der Waals surface area contributed by atoms with Gasteiger partial charge in [-0.15, -0.1) is 0 Å². The fraction of sp³-hybridized carbons (Fsp3) is 0.619. The summed E-state index contributed by atoms with van der Waals surface area (Å²) in [7, 11) is 2.24. The fourth-order valence-electron chi connectivity index (χ4n) is 4.93. The number of aryl methyl sites for hydroxylation is 1. The molecule has 0 unspecified atom stereocenters. The molecule has 1 heteroatoms. The molecule has 1 aromatic carbocycles. The Hall–Kier alpha value is -1.24. The van der Waals surface area contributed by atoms with E-state index < -0.39 is 0 Å². The standard InChI is InChI=1S/C21H31N/c1-18(2)16-14-12-10-11-13-15(14)22(9)17(16)19(3,4)21(7,8)20(18,5)6/h10-13H,1-9H3. The summed E-state index contributed by atoms with van der Waals surface area (Å²) in [6.07, 6.45) is 0. The third-order valence-corrected chi connectivity index (χ3v) is 8.01. The van der Waals surface area contributed by atoms with Gasteiger partial charge in [0.05, 0.1) is 0 Å². The Morgan fingerprint density at radius 2 is 1.23 bits per heavy atom. The summed E-state index contributed by atoms with van der Waals surface area (Å²) in [5.74, 6) is 0. The summed E-state index contributed by atoms with van der Waals surface area (Å²) in [6, 6.07) is 8.91. The Bertz CT molecular complexity index is 754. The summed E-state index contributed by atoms with van der Waals surface area (Å²) < 4.78 is 2.45. The molecule has 120 valence electrons. The Kier molecular flexibility index (Phi) is 2.84. The van der Waals surface area contributed by atoms with Crippen LogP contribution in [0.5, 0.6) is 0 Å². The van der Waals surface area contributed by atoms with Crippen LogP contribution in [0.15, 0.2) is 24.3 Å². The molecule has 0 bridgehead atoms. The predicted octanol–water partition coefficient (Wildman–Crippen LogP) is 5.80. The quantitative estimate of drug-likeness (QED) is 0.579. The molecular formula is C21H31N. The number of hydrogen-bond acceptors (Lipinski definition) is 0. The first kappa shape index (κ1) is 15.6. The van der Waals surface area contributed by atoms with Crippen molar-refractivity contribution in [2.75, 3.05) is 0 Å². The molecule has 3 rings (SSSR count). The van der Waals surface area contributed by atoms with Gasteiger partial charge < -0.3 is 4.57 Å². The Labute approximate surface area is 135 Å². The van der Waals surface area contributed by atoms with E-state index in [1.165, 1.54) is 16.6 Å². The SMILES string of the molecule is Cn1c2c(c3ccccc31)C(C)(C)C(C)(C)C(C)(C)C2(C)C. The fourth-order valence-corrected chi connectivity index (χ4v) is 4.93. The van der Waals surface area contributed by atoms with E-state index in [4.69, 9.17) is 0 Å². The van der Waals surface area contributed by atoms with Gasteiger partial charge in [-0.1, -0.05) is 73.6 Å². The molecule has 22 heavy (non-hydrogen) atoms. The molecule has 1 nitrogen and oxygen atoms in total. The van der Waals surface area contributed by atoms with Gasteiger partial charge in [0.25, 0.3) is 0 Å². The smallest absolute Gasteiger partial charge is 0.0483 e. The lowest BCUT2D eigenvalue weighted by Crippen LogP contribution is -2.60. The van der Waals surface area contributed by atoms with Crippen molar-refractivity contribution in [1.82, 2.24) is 4.57 Å². The van der Waals surface area contributed by atoms with E-state index in [0.29, 0.717) is 0 Å². The first-order valence-electron chi connectivity index (χ1n) is 8.47.